The second-order valence-electron chi connectivity index (χ2n) is 8.82. The number of aryl methyl sites for hydroxylation is 2. The summed E-state index contributed by atoms with van der Waals surface area (Å²) < 4.78 is 40.7. The maximum Gasteiger partial charge on any atom is 0.573 e. The highest BCUT2D eigenvalue weighted by molar-refractivity contribution is 5.94. The number of hydrogen-bond donors (Lipinski definition) is 2. The molecule has 1 aliphatic rings. The van der Waals surface area contributed by atoms with Gasteiger partial charge in [0.05, 0.1) is 12.1 Å². The van der Waals surface area contributed by atoms with Gasteiger partial charge in [0.1, 0.15) is 11.6 Å². The van der Waals surface area contributed by atoms with Crippen LogP contribution >= 0.6 is 0 Å². The average Bonchev–Trinajstić information content (AvgIpc) is 2.84. The summed E-state index contributed by atoms with van der Waals surface area (Å²) in [6.45, 7) is 6.35. The fourth-order valence-corrected chi connectivity index (χ4v) is 4.30. The number of aromatic nitrogens is 1. The lowest BCUT2D eigenvalue weighted by Crippen LogP contribution is -2.47. The lowest BCUT2D eigenvalue weighted by molar-refractivity contribution is -0.274. The van der Waals surface area contributed by atoms with E-state index in [1.165, 1.54) is 24.3 Å². The van der Waals surface area contributed by atoms with Gasteiger partial charge in [-0.1, -0.05) is 12.1 Å². The van der Waals surface area contributed by atoms with Crippen LogP contribution < -0.4 is 15.0 Å². The summed E-state index contributed by atoms with van der Waals surface area (Å²) in [6.07, 6.45) is -4.15. The maximum atomic E-state index is 12.5. The highest BCUT2D eigenvalue weighted by Crippen LogP contribution is 2.26. The van der Waals surface area contributed by atoms with Crippen molar-refractivity contribution in [2.75, 3.05) is 49.5 Å². The Hall–Kier alpha value is -3.37. The molecule has 1 aromatic heterocycles. The Labute approximate surface area is 207 Å². The molecule has 0 aliphatic carbocycles. The first kappa shape index (κ1) is 25.7. The number of aliphatic hydroxyl groups excluding tert-OH is 1. The molecule has 2 aromatic carbocycles. The number of benzene rings is 2. The predicted octanol–water partition coefficient (Wildman–Crippen LogP) is 4.13. The van der Waals surface area contributed by atoms with Crippen molar-refractivity contribution < 1.29 is 27.8 Å². The molecule has 192 valence electrons. The zero-order valence-electron chi connectivity index (χ0n) is 20.0. The molecule has 36 heavy (non-hydrogen) atoms. The van der Waals surface area contributed by atoms with Crippen molar-refractivity contribution in [3.05, 3.63) is 59.7 Å². The molecule has 1 fully saturated rings. The van der Waals surface area contributed by atoms with Gasteiger partial charge in [-0.05, 0) is 60.9 Å². The monoisotopic (exact) mass is 502 g/mol. The third-order valence-electron chi connectivity index (χ3n) is 6.20. The number of halogens is 3. The minimum atomic E-state index is -4.73. The molecule has 0 saturated carbocycles. The third kappa shape index (κ3) is 6.86. The number of piperazine rings is 1. The van der Waals surface area contributed by atoms with Crippen molar-refractivity contribution in [2.24, 2.45) is 0 Å². The SMILES string of the molecule is Cc1cc(N2CCN(CCO)CC2)nc2ccc(NC(=O)CCc3ccc(OC(F)(F)F)cc3)cc12. The number of rotatable bonds is 8. The Morgan fingerprint density at radius 3 is 2.47 bits per heavy atom. The van der Waals surface area contributed by atoms with Crippen LogP contribution in [0.2, 0.25) is 0 Å². The van der Waals surface area contributed by atoms with Gasteiger partial charge in [-0.25, -0.2) is 4.98 Å². The number of pyridine rings is 1. The van der Waals surface area contributed by atoms with Gasteiger partial charge >= 0.3 is 6.36 Å². The van der Waals surface area contributed by atoms with Gasteiger partial charge in [-0.15, -0.1) is 13.2 Å². The quantitative estimate of drug-likeness (QED) is 0.483. The van der Waals surface area contributed by atoms with Crippen LogP contribution in [0.25, 0.3) is 10.9 Å². The minimum Gasteiger partial charge on any atom is -0.406 e. The van der Waals surface area contributed by atoms with Crippen LogP contribution in [-0.2, 0) is 11.2 Å². The third-order valence-corrected chi connectivity index (χ3v) is 6.20. The van der Waals surface area contributed by atoms with Gasteiger partial charge in [0.15, 0.2) is 0 Å². The lowest BCUT2D eigenvalue weighted by atomic mass is 10.1. The normalized spacial score (nSPS) is 14.8. The van der Waals surface area contributed by atoms with Crippen molar-refractivity contribution in [1.82, 2.24) is 9.88 Å². The van der Waals surface area contributed by atoms with E-state index in [1.807, 2.05) is 25.1 Å². The molecule has 0 unspecified atom stereocenters. The summed E-state index contributed by atoms with van der Waals surface area (Å²) in [6, 6.07) is 13.2. The second-order valence-corrected chi connectivity index (χ2v) is 8.82. The number of ether oxygens (including phenoxy) is 1. The average molecular weight is 503 g/mol. The predicted molar refractivity (Wildman–Crippen MR) is 132 cm³/mol. The number of nitrogens with one attached hydrogen (secondary N) is 1. The molecule has 3 aromatic rings. The first-order valence-corrected chi connectivity index (χ1v) is 11.8. The van der Waals surface area contributed by atoms with Gasteiger partial charge in [-0.3, -0.25) is 9.69 Å². The Morgan fingerprint density at radius 1 is 1.08 bits per heavy atom. The number of alkyl halides is 3. The summed E-state index contributed by atoms with van der Waals surface area (Å²) in [5, 5.41) is 13.0. The fraction of sp³-hybridized carbons (Fsp3) is 0.385. The number of anilines is 2. The van der Waals surface area contributed by atoms with E-state index in [9.17, 15) is 18.0 Å². The van der Waals surface area contributed by atoms with Crippen molar-refractivity contribution in [1.29, 1.82) is 0 Å². The molecule has 2 N–H and O–H groups in total. The Balaban J connectivity index is 1.35. The number of carbonyl (C=O) groups is 1. The number of aliphatic hydroxyl groups is 1. The molecule has 7 nitrogen and oxygen atoms in total. The van der Waals surface area contributed by atoms with Crippen LogP contribution in [0.15, 0.2) is 48.5 Å². The summed E-state index contributed by atoms with van der Waals surface area (Å²) in [5.41, 5.74) is 3.31. The van der Waals surface area contributed by atoms with Gasteiger partial charge in [0.25, 0.3) is 0 Å². The van der Waals surface area contributed by atoms with E-state index in [4.69, 9.17) is 10.1 Å². The van der Waals surface area contributed by atoms with Crippen molar-refractivity contribution in [3.63, 3.8) is 0 Å². The van der Waals surface area contributed by atoms with Crippen molar-refractivity contribution >= 4 is 28.3 Å². The molecule has 1 saturated heterocycles. The maximum absolute atomic E-state index is 12.5. The molecule has 1 aliphatic heterocycles. The van der Waals surface area contributed by atoms with Gasteiger partial charge in [-0.2, -0.15) is 0 Å². The van der Waals surface area contributed by atoms with Crippen molar-refractivity contribution in [3.8, 4) is 5.75 Å². The van der Waals surface area contributed by atoms with Gasteiger partial charge in [0.2, 0.25) is 5.91 Å². The molecule has 10 heteroatoms. The second kappa shape index (κ2) is 11.1. The first-order valence-electron chi connectivity index (χ1n) is 11.8. The number of fused-ring (bicyclic) bond motifs is 1. The highest BCUT2D eigenvalue weighted by Gasteiger charge is 2.31. The van der Waals surface area contributed by atoms with Crippen LogP contribution in [0.1, 0.15) is 17.5 Å². The van der Waals surface area contributed by atoms with E-state index in [-0.39, 0.29) is 24.7 Å². The van der Waals surface area contributed by atoms with Crippen LogP contribution in [0.4, 0.5) is 24.7 Å². The van der Waals surface area contributed by atoms with E-state index < -0.39 is 6.36 Å². The molecule has 0 spiro atoms. The van der Waals surface area contributed by atoms with E-state index >= 15 is 0 Å². The summed E-state index contributed by atoms with van der Waals surface area (Å²) >= 11 is 0. The molecular weight excluding hydrogens is 473 g/mol. The van der Waals surface area contributed by atoms with E-state index in [0.29, 0.717) is 18.7 Å². The number of β-amino-alcohol motifs (C(OH)–C–C–N with tert-alkyl or cyclic N) is 1. The minimum absolute atomic E-state index is 0.167. The Kier molecular flexibility index (Phi) is 7.95. The molecule has 0 radical (unpaired) electrons. The smallest absolute Gasteiger partial charge is 0.406 e. The molecular formula is C26H29F3N4O3. The highest BCUT2D eigenvalue weighted by atomic mass is 19.4. The standard InChI is InChI=1S/C26H29F3N4O3/c1-18-16-24(33-12-10-32(11-13-33)14-15-34)31-23-8-5-20(17-22(18)23)30-25(35)9-4-19-2-6-21(7-3-19)36-26(27,28)29/h2-3,5-8,16-17,34H,4,9-15H2,1H3,(H,30,35). The fourth-order valence-electron chi connectivity index (χ4n) is 4.30. The van der Waals surface area contributed by atoms with Crippen LogP contribution in [0.5, 0.6) is 5.75 Å². The molecule has 0 atom stereocenters. The lowest BCUT2D eigenvalue weighted by Gasteiger charge is -2.35. The van der Waals surface area contributed by atoms with Gasteiger partial charge < -0.3 is 20.1 Å². The largest absolute Gasteiger partial charge is 0.573 e. The summed E-state index contributed by atoms with van der Waals surface area (Å²) in [5.74, 6) is 0.447. The Morgan fingerprint density at radius 2 is 1.81 bits per heavy atom. The first-order chi connectivity index (χ1) is 17.2. The number of hydrogen-bond acceptors (Lipinski definition) is 6. The van der Waals surface area contributed by atoms with Crippen LogP contribution in [-0.4, -0.2) is 66.6 Å². The van der Waals surface area contributed by atoms with Crippen LogP contribution in [0, 0.1) is 6.92 Å². The molecule has 0 bridgehead atoms. The van der Waals surface area contributed by atoms with Gasteiger partial charge in [0, 0.05) is 50.2 Å². The Bertz CT molecular complexity index is 1190. The molecule has 2 heterocycles. The van der Waals surface area contributed by atoms with Crippen molar-refractivity contribution in [2.45, 2.75) is 26.1 Å². The summed E-state index contributed by atoms with van der Waals surface area (Å²) in [4.78, 5) is 21.8. The zero-order valence-corrected chi connectivity index (χ0v) is 20.0. The number of carbonyl (C=O) groups excluding carboxylic acids is 1. The van der Waals surface area contributed by atoms with Crippen LogP contribution in [0.3, 0.4) is 0 Å². The van der Waals surface area contributed by atoms with E-state index in [2.05, 4.69) is 25.9 Å². The molecule has 1 amide bonds. The number of nitrogens with zero attached hydrogens (tertiary/aromatic N) is 3. The van der Waals surface area contributed by atoms with E-state index in [0.717, 1.165) is 54.0 Å². The van der Waals surface area contributed by atoms with E-state index in [1.54, 1.807) is 0 Å². The zero-order chi connectivity index (χ0) is 25.7. The molecule has 4 rings (SSSR count). The number of amides is 1. The topological polar surface area (TPSA) is 77.9 Å². The summed E-state index contributed by atoms with van der Waals surface area (Å²) in [7, 11) is 0.